The summed E-state index contributed by atoms with van der Waals surface area (Å²) in [4.78, 5) is 4.46. The van der Waals surface area contributed by atoms with Crippen molar-refractivity contribution in [3.05, 3.63) is 24.3 Å². The van der Waals surface area contributed by atoms with Gasteiger partial charge in [0.25, 0.3) is 0 Å². The molecule has 0 aliphatic rings. The molecule has 14 heavy (non-hydrogen) atoms. The molecule has 1 heterocycles. The van der Waals surface area contributed by atoms with E-state index in [1.54, 1.807) is 22.6 Å². The second-order valence-electron chi connectivity index (χ2n) is 2.86. The number of hydrogen-bond donors (Lipinski definition) is 0. The zero-order valence-electron chi connectivity index (χ0n) is 8.14. The van der Waals surface area contributed by atoms with Crippen LogP contribution in [0.1, 0.15) is 6.92 Å². The zero-order valence-corrected chi connectivity index (χ0v) is 8.95. The predicted molar refractivity (Wildman–Crippen MR) is 62.2 cm³/mol. The lowest BCUT2D eigenvalue weighted by atomic mass is 10.3. The lowest BCUT2D eigenvalue weighted by Gasteiger charge is -2.05. The van der Waals surface area contributed by atoms with E-state index in [1.807, 2.05) is 32.2 Å². The first-order valence-corrected chi connectivity index (χ1v) is 5.21. The smallest absolute Gasteiger partial charge is 0.206 e. The first-order valence-electron chi connectivity index (χ1n) is 4.39. The van der Waals surface area contributed by atoms with Gasteiger partial charge in [-0.1, -0.05) is 23.5 Å². The summed E-state index contributed by atoms with van der Waals surface area (Å²) in [5.41, 5.74) is 1.03. The average molecular weight is 205 g/mol. The van der Waals surface area contributed by atoms with Gasteiger partial charge in [-0.15, -0.1) is 0 Å². The number of para-hydroxylation sites is 1. The number of rotatable bonds is 2. The van der Waals surface area contributed by atoms with Gasteiger partial charge in [0.05, 0.1) is 10.2 Å². The third kappa shape index (κ3) is 1.61. The van der Waals surface area contributed by atoms with Gasteiger partial charge in [0, 0.05) is 13.3 Å². The molecule has 2 aromatic rings. The molecule has 0 fully saturated rings. The van der Waals surface area contributed by atoms with Crippen molar-refractivity contribution in [1.82, 2.24) is 4.98 Å². The molecular weight excluding hydrogens is 194 g/mol. The van der Waals surface area contributed by atoms with E-state index in [0.717, 1.165) is 10.6 Å². The SMILES string of the molecule is CC=NN(C)c1nc2ccccc2s1. The number of fused-ring (bicyclic) bond motifs is 1. The summed E-state index contributed by atoms with van der Waals surface area (Å²) in [6.45, 7) is 1.89. The lowest BCUT2D eigenvalue weighted by Crippen LogP contribution is -2.07. The summed E-state index contributed by atoms with van der Waals surface area (Å²) in [6, 6.07) is 8.10. The van der Waals surface area contributed by atoms with E-state index < -0.39 is 0 Å². The molecule has 4 heteroatoms. The minimum Gasteiger partial charge on any atom is -0.243 e. The fraction of sp³-hybridized carbons (Fsp3) is 0.200. The van der Waals surface area contributed by atoms with Crippen LogP contribution in [0.5, 0.6) is 0 Å². The van der Waals surface area contributed by atoms with Gasteiger partial charge in [0.2, 0.25) is 5.13 Å². The van der Waals surface area contributed by atoms with Gasteiger partial charge in [0.15, 0.2) is 0 Å². The number of thiazole rings is 1. The number of aromatic nitrogens is 1. The van der Waals surface area contributed by atoms with Crippen molar-refractivity contribution in [2.75, 3.05) is 12.1 Å². The summed E-state index contributed by atoms with van der Waals surface area (Å²) >= 11 is 1.65. The Morgan fingerprint density at radius 1 is 1.43 bits per heavy atom. The van der Waals surface area contributed by atoms with Crippen LogP contribution in [0, 0.1) is 0 Å². The minimum absolute atomic E-state index is 0.921. The molecule has 2 rings (SSSR count). The molecule has 0 radical (unpaired) electrons. The minimum atomic E-state index is 0.921. The molecule has 0 saturated carbocycles. The van der Waals surface area contributed by atoms with Crippen LogP contribution in [-0.4, -0.2) is 18.2 Å². The molecule has 0 bridgehead atoms. The highest BCUT2D eigenvalue weighted by Crippen LogP contribution is 2.27. The second kappa shape index (κ2) is 3.75. The van der Waals surface area contributed by atoms with Crippen molar-refractivity contribution in [2.24, 2.45) is 5.10 Å². The number of benzene rings is 1. The summed E-state index contributed by atoms with van der Waals surface area (Å²) in [5.74, 6) is 0. The summed E-state index contributed by atoms with van der Waals surface area (Å²) in [5, 5.41) is 6.85. The van der Waals surface area contributed by atoms with Crippen LogP contribution >= 0.6 is 11.3 Å². The first-order chi connectivity index (χ1) is 6.81. The molecule has 3 nitrogen and oxygen atoms in total. The largest absolute Gasteiger partial charge is 0.243 e. The highest BCUT2D eigenvalue weighted by molar-refractivity contribution is 7.22. The Morgan fingerprint density at radius 3 is 2.93 bits per heavy atom. The molecule has 0 aliphatic carbocycles. The van der Waals surface area contributed by atoms with E-state index >= 15 is 0 Å². The molecule has 0 N–H and O–H groups in total. The fourth-order valence-corrected chi connectivity index (χ4v) is 2.11. The summed E-state index contributed by atoms with van der Waals surface area (Å²) < 4.78 is 1.20. The molecule has 0 spiro atoms. The Labute approximate surface area is 86.7 Å². The topological polar surface area (TPSA) is 28.5 Å². The van der Waals surface area contributed by atoms with Crippen molar-refractivity contribution < 1.29 is 0 Å². The van der Waals surface area contributed by atoms with Gasteiger partial charge in [-0.3, -0.25) is 0 Å². The Kier molecular flexibility index (Phi) is 2.45. The molecule has 0 aliphatic heterocycles. The predicted octanol–water partition coefficient (Wildman–Crippen LogP) is 2.74. The normalized spacial score (nSPS) is 11.3. The molecule has 0 saturated heterocycles. The van der Waals surface area contributed by atoms with Crippen LogP contribution < -0.4 is 5.01 Å². The van der Waals surface area contributed by atoms with Crippen LogP contribution in [0.25, 0.3) is 10.2 Å². The van der Waals surface area contributed by atoms with Crippen molar-refractivity contribution >= 4 is 32.9 Å². The van der Waals surface area contributed by atoms with Crippen LogP contribution in [0.15, 0.2) is 29.4 Å². The van der Waals surface area contributed by atoms with E-state index in [0.29, 0.717) is 0 Å². The Bertz CT molecular complexity index is 428. The Hall–Kier alpha value is -1.42. The van der Waals surface area contributed by atoms with Gasteiger partial charge in [-0.05, 0) is 19.1 Å². The third-order valence-electron chi connectivity index (χ3n) is 1.85. The second-order valence-corrected chi connectivity index (χ2v) is 3.87. The monoisotopic (exact) mass is 205 g/mol. The van der Waals surface area contributed by atoms with Crippen molar-refractivity contribution in [3.63, 3.8) is 0 Å². The molecule has 72 valence electrons. The van der Waals surface area contributed by atoms with E-state index in [-0.39, 0.29) is 0 Å². The maximum Gasteiger partial charge on any atom is 0.206 e. The first kappa shape index (κ1) is 9.15. The molecule has 1 aromatic heterocycles. The van der Waals surface area contributed by atoms with E-state index in [4.69, 9.17) is 0 Å². The highest BCUT2D eigenvalue weighted by Gasteiger charge is 2.05. The molecule has 0 unspecified atom stereocenters. The van der Waals surface area contributed by atoms with Crippen LogP contribution in [0.3, 0.4) is 0 Å². The van der Waals surface area contributed by atoms with Gasteiger partial charge < -0.3 is 0 Å². The fourth-order valence-electron chi connectivity index (χ4n) is 1.22. The van der Waals surface area contributed by atoms with E-state index in [9.17, 15) is 0 Å². The van der Waals surface area contributed by atoms with Crippen molar-refractivity contribution in [2.45, 2.75) is 6.92 Å². The Balaban J connectivity index is 2.44. The molecule has 1 aromatic carbocycles. The van der Waals surface area contributed by atoms with Crippen molar-refractivity contribution in [1.29, 1.82) is 0 Å². The van der Waals surface area contributed by atoms with Gasteiger partial charge in [0.1, 0.15) is 0 Å². The number of anilines is 1. The van der Waals surface area contributed by atoms with Crippen LogP contribution in [0.2, 0.25) is 0 Å². The van der Waals surface area contributed by atoms with Crippen LogP contribution in [-0.2, 0) is 0 Å². The lowest BCUT2D eigenvalue weighted by molar-refractivity contribution is 1.01. The average Bonchev–Trinajstić information content (AvgIpc) is 2.61. The molecular formula is C10H11N3S. The van der Waals surface area contributed by atoms with Gasteiger partial charge >= 0.3 is 0 Å². The summed E-state index contributed by atoms with van der Waals surface area (Å²) in [7, 11) is 1.90. The molecule has 0 amide bonds. The van der Waals surface area contributed by atoms with Gasteiger partial charge in [-0.2, -0.15) is 5.10 Å². The Morgan fingerprint density at radius 2 is 2.21 bits per heavy atom. The van der Waals surface area contributed by atoms with E-state index in [2.05, 4.69) is 16.2 Å². The van der Waals surface area contributed by atoms with Gasteiger partial charge in [-0.25, -0.2) is 9.99 Å². The number of hydrogen-bond acceptors (Lipinski definition) is 4. The zero-order chi connectivity index (χ0) is 9.97. The number of nitrogens with zero attached hydrogens (tertiary/aromatic N) is 3. The highest BCUT2D eigenvalue weighted by atomic mass is 32.1. The third-order valence-corrected chi connectivity index (χ3v) is 2.95. The summed E-state index contributed by atoms with van der Waals surface area (Å²) in [6.07, 6.45) is 1.76. The van der Waals surface area contributed by atoms with Crippen molar-refractivity contribution in [3.8, 4) is 0 Å². The maximum atomic E-state index is 4.46. The van der Waals surface area contributed by atoms with Crippen LogP contribution in [0.4, 0.5) is 5.13 Å². The number of hydrazone groups is 1. The standard InChI is InChI=1S/C10H11N3S/c1-3-11-13(2)10-12-8-6-4-5-7-9(8)14-10/h3-7H,1-2H3. The maximum absolute atomic E-state index is 4.46. The quantitative estimate of drug-likeness (QED) is 0.557. The molecule has 0 atom stereocenters. The van der Waals surface area contributed by atoms with E-state index in [1.165, 1.54) is 4.70 Å².